The Morgan fingerprint density at radius 1 is 1.21 bits per heavy atom. The number of benzene rings is 1. The van der Waals surface area contributed by atoms with Crippen molar-refractivity contribution in [3.8, 4) is 11.5 Å². The maximum atomic E-state index is 5.85. The van der Waals surface area contributed by atoms with Crippen molar-refractivity contribution < 1.29 is 14.2 Å². The van der Waals surface area contributed by atoms with Crippen molar-refractivity contribution in [2.45, 2.75) is 26.4 Å². The van der Waals surface area contributed by atoms with Crippen LogP contribution in [0.25, 0.3) is 0 Å². The van der Waals surface area contributed by atoms with Gasteiger partial charge in [-0.25, -0.2) is 0 Å². The van der Waals surface area contributed by atoms with E-state index in [4.69, 9.17) is 14.2 Å². The molecule has 1 rings (SSSR count). The van der Waals surface area contributed by atoms with Crippen molar-refractivity contribution in [2.24, 2.45) is 0 Å². The summed E-state index contributed by atoms with van der Waals surface area (Å²) >= 11 is 0. The van der Waals surface area contributed by atoms with Gasteiger partial charge in [0.05, 0.1) is 7.11 Å². The normalized spacial score (nSPS) is 12.2. The monoisotopic (exact) mass is 267 g/mol. The zero-order valence-corrected chi connectivity index (χ0v) is 12.1. The smallest absolute Gasteiger partial charge is 0.161 e. The molecule has 0 heterocycles. The van der Waals surface area contributed by atoms with Crippen LogP contribution in [0.15, 0.2) is 24.3 Å². The molecule has 0 amide bonds. The third kappa shape index (κ3) is 6.45. The van der Waals surface area contributed by atoms with Gasteiger partial charge in [-0.2, -0.15) is 0 Å². The maximum Gasteiger partial charge on any atom is 0.161 e. The van der Waals surface area contributed by atoms with Gasteiger partial charge in [0.25, 0.3) is 0 Å². The third-order valence-corrected chi connectivity index (χ3v) is 2.68. The number of ether oxygens (including phenoxy) is 3. The molecular formula is C15H25NO3. The standard InChI is InChI=1S/C15H25NO3/c1-4-18-11-7-10-16-12-13(2)19-15-9-6-5-8-14(15)17-3/h5-6,8-9,13,16H,4,7,10-12H2,1-3H3. The van der Waals surface area contributed by atoms with Crippen LogP contribution in [-0.4, -0.2) is 39.5 Å². The zero-order chi connectivity index (χ0) is 13.9. The van der Waals surface area contributed by atoms with Crippen LogP contribution in [0.4, 0.5) is 0 Å². The molecule has 4 nitrogen and oxygen atoms in total. The number of nitrogens with one attached hydrogen (secondary N) is 1. The maximum absolute atomic E-state index is 5.85. The summed E-state index contributed by atoms with van der Waals surface area (Å²) in [6.45, 7) is 7.40. The first-order chi connectivity index (χ1) is 9.27. The minimum absolute atomic E-state index is 0.100. The van der Waals surface area contributed by atoms with Gasteiger partial charge in [-0.3, -0.25) is 0 Å². The van der Waals surface area contributed by atoms with E-state index in [1.54, 1.807) is 7.11 Å². The molecule has 0 saturated carbocycles. The summed E-state index contributed by atoms with van der Waals surface area (Å²) in [4.78, 5) is 0. The predicted octanol–water partition coefficient (Wildman–Crippen LogP) is 2.48. The van der Waals surface area contributed by atoms with E-state index >= 15 is 0 Å². The van der Waals surface area contributed by atoms with E-state index in [0.717, 1.165) is 44.2 Å². The topological polar surface area (TPSA) is 39.7 Å². The second-order valence-corrected chi connectivity index (χ2v) is 4.33. The van der Waals surface area contributed by atoms with Crippen molar-refractivity contribution in [3.63, 3.8) is 0 Å². The molecule has 0 aliphatic rings. The van der Waals surface area contributed by atoms with Crippen molar-refractivity contribution in [2.75, 3.05) is 33.4 Å². The fourth-order valence-electron chi connectivity index (χ4n) is 1.72. The molecule has 0 spiro atoms. The van der Waals surface area contributed by atoms with Gasteiger partial charge in [-0.1, -0.05) is 12.1 Å². The summed E-state index contributed by atoms with van der Waals surface area (Å²) in [6.07, 6.45) is 1.12. The average molecular weight is 267 g/mol. The van der Waals surface area contributed by atoms with Gasteiger partial charge in [0.2, 0.25) is 0 Å². The highest BCUT2D eigenvalue weighted by Crippen LogP contribution is 2.26. The average Bonchev–Trinajstić information content (AvgIpc) is 2.43. The molecule has 0 fully saturated rings. The van der Waals surface area contributed by atoms with E-state index < -0.39 is 0 Å². The molecule has 0 aliphatic heterocycles. The summed E-state index contributed by atoms with van der Waals surface area (Å²) in [5.74, 6) is 1.55. The third-order valence-electron chi connectivity index (χ3n) is 2.68. The molecule has 0 aliphatic carbocycles. The molecule has 0 radical (unpaired) electrons. The lowest BCUT2D eigenvalue weighted by Gasteiger charge is -2.17. The lowest BCUT2D eigenvalue weighted by molar-refractivity contribution is 0.143. The SMILES string of the molecule is CCOCCCNCC(C)Oc1ccccc1OC. The van der Waals surface area contributed by atoms with E-state index in [2.05, 4.69) is 5.32 Å². The van der Waals surface area contributed by atoms with Gasteiger partial charge < -0.3 is 19.5 Å². The van der Waals surface area contributed by atoms with Gasteiger partial charge in [-0.05, 0) is 38.9 Å². The highest BCUT2D eigenvalue weighted by atomic mass is 16.5. The molecule has 4 heteroatoms. The quantitative estimate of drug-likeness (QED) is 0.661. The van der Waals surface area contributed by atoms with Crippen LogP contribution in [0.2, 0.25) is 0 Å². The van der Waals surface area contributed by atoms with Gasteiger partial charge in [0.15, 0.2) is 11.5 Å². The Bertz CT molecular complexity index is 344. The van der Waals surface area contributed by atoms with Crippen molar-refractivity contribution in [3.05, 3.63) is 24.3 Å². The first kappa shape index (κ1) is 15.8. The van der Waals surface area contributed by atoms with Crippen molar-refractivity contribution in [1.29, 1.82) is 0 Å². The van der Waals surface area contributed by atoms with Crippen LogP contribution >= 0.6 is 0 Å². The second kappa shape index (κ2) is 9.64. The highest BCUT2D eigenvalue weighted by Gasteiger charge is 2.07. The van der Waals surface area contributed by atoms with Crippen molar-refractivity contribution >= 4 is 0 Å². The fourth-order valence-corrected chi connectivity index (χ4v) is 1.72. The highest BCUT2D eigenvalue weighted by molar-refractivity contribution is 5.39. The van der Waals surface area contributed by atoms with Crippen LogP contribution in [0, 0.1) is 0 Å². The van der Waals surface area contributed by atoms with E-state index in [0.29, 0.717) is 0 Å². The molecule has 1 unspecified atom stereocenters. The van der Waals surface area contributed by atoms with Crippen LogP contribution < -0.4 is 14.8 Å². The number of hydrogen-bond donors (Lipinski definition) is 1. The Balaban J connectivity index is 2.21. The molecule has 1 atom stereocenters. The predicted molar refractivity (Wildman–Crippen MR) is 77.1 cm³/mol. The van der Waals surface area contributed by atoms with Gasteiger partial charge >= 0.3 is 0 Å². The molecule has 0 aromatic heterocycles. The number of para-hydroxylation sites is 2. The van der Waals surface area contributed by atoms with E-state index in [9.17, 15) is 0 Å². The second-order valence-electron chi connectivity index (χ2n) is 4.33. The van der Waals surface area contributed by atoms with Crippen LogP contribution in [0.3, 0.4) is 0 Å². The molecule has 0 bridgehead atoms. The fraction of sp³-hybridized carbons (Fsp3) is 0.600. The van der Waals surface area contributed by atoms with E-state index in [1.807, 2.05) is 38.1 Å². The first-order valence-electron chi connectivity index (χ1n) is 6.86. The Morgan fingerprint density at radius 3 is 2.63 bits per heavy atom. The Morgan fingerprint density at radius 2 is 1.95 bits per heavy atom. The first-order valence-corrected chi connectivity index (χ1v) is 6.86. The number of rotatable bonds is 10. The van der Waals surface area contributed by atoms with Gasteiger partial charge in [0, 0.05) is 19.8 Å². The van der Waals surface area contributed by atoms with Crippen LogP contribution in [0.1, 0.15) is 20.3 Å². The lowest BCUT2D eigenvalue weighted by atomic mass is 10.3. The Hall–Kier alpha value is -1.26. The van der Waals surface area contributed by atoms with E-state index in [1.165, 1.54) is 0 Å². The zero-order valence-electron chi connectivity index (χ0n) is 12.1. The molecule has 108 valence electrons. The van der Waals surface area contributed by atoms with Gasteiger partial charge in [0.1, 0.15) is 6.10 Å². The van der Waals surface area contributed by atoms with Gasteiger partial charge in [-0.15, -0.1) is 0 Å². The summed E-state index contributed by atoms with van der Waals surface area (Å²) in [5.41, 5.74) is 0. The molecule has 1 aromatic carbocycles. The van der Waals surface area contributed by atoms with Crippen LogP contribution in [0.5, 0.6) is 11.5 Å². The molecule has 0 saturated heterocycles. The van der Waals surface area contributed by atoms with Crippen LogP contribution in [-0.2, 0) is 4.74 Å². The Labute approximate surface area is 116 Å². The molecule has 1 N–H and O–H groups in total. The summed E-state index contributed by atoms with van der Waals surface area (Å²) in [5, 5.41) is 3.36. The molecular weight excluding hydrogens is 242 g/mol. The number of methoxy groups -OCH3 is 1. The summed E-state index contributed by atoms with van der Waals surface area (Å²) in [6, 6.07) is 7.70. The molecule has 19 heavy (non-hydrogen) atoms. The minimum atomic E-state index is 0.100. The minimum Gasteiger partial charge on any atom is -0.493 e. The lowest BCUT2D eigenvalue weighted by Crippen LogP contribution is -2.30. The summed E-state index contributed by atoms with van der Waals surface area (Å²) in [7, 11) is 1.65. The number of hydrogen-bond acceptors (Lipinski definition) is 4. The molecule has 1 aromatic rings. The van der Waals surface area contributed by atoms with Crippen molar-refractivity contribution in [1.82, 2.24) is 5.32 Å². The largest absolute Gasteiger partial charge is 0.493 e. The Kier molecular flexibility index (Phi) is 8.02. The van der Waals surface area contributed by atoms with E-state index in [-0.39, 0.29) is 6.10 Å². The summed E-state index contributed by atoms with van der Waals surface area (Å²) < 4.78 is 16.4.